The van der Waals surface area contributed by atoms with Crippen molar-refractivity contribution in [2.75, 3.05) is 31.5 Å². The number of nitrogens with one attached hydrogen (secondary N) is 2. The molecule has 1 heterocycles. The molecule has 0 spiro atoms. The molecule has 4 rings (SSSR count). The molecule has 1 fully saturated rings. The summed E-state index contributed by atoms with van der Waals surface area (Å²) in [6.45, 7) is 6.01. The fourth-order valence-corrected chi connectivity index (χ4v) is 5.52. The van der Waals surface area contributed by atoms with Gasteiger partial charge in [-0.1, -0.05) is 92.6 Å². The molecule has 0 saturated carbocycles. The molecule has 2 N–H and O–H groups in total. The molecule has 39 heavy (non-hydrogen) atoms. The number of piperidine rings is 1. The number of rotatable bonds is 13. The fourth-order valence-electron chi connectivity index (χ4n) is 5.52. The average molecular weight is 526 g/mol. The van der Waals surface area contributed by atoms with Crippen molar-refractivity contribution in [3.8, 4) is 0 Å². The van der Waals surface area contributed by atoms with Crippen LogP contribution in [0, 0.1) is 0 Å². The second kappa shape index (κ2) is 15.2. The van der Waals surface area contributed by atoms with Crippen LogP contribution in [0.3, 0.4) is 0 Å². The molecule has 1 aliphatic heterocycles. The number of carbonyl (C=O) groups is 2. The van der Waals surface area contributed by atoms with Crippen LogP contribution in [0.1, 0.15) is 80.4 Å². The highest BCUT2D eigenvalue weighted by Gasteiger charge is 2.22. The molecule has 3 aromatic carbocycles. The Bertz CT molecular complexity index is 1120. The first kappa shape index (κ1) is 28.6. The Hall–Kier alpha value is -3.44. The third-order valence-corrected chi connectivity index (χ3v) is 7.78. The maximum Gasteiger partial charge on any atom is 0.232 e. The van der Waals surface area contributed by atoms with Crippen molar-refractivity contribution < 1.29 is 9.59 Å². The van der Waals surface area contributed by atoms with Gasteiger partial charge in [-0.15, -0.1) is 0 Å². The van der Waals surface area contributed by atoms with Gasteiger partial charge >= 0.3 is 0 Å². The van der Waals surface area contributed by atoms with Crippen molar-refractivity contribution >= 4 is 17.5 Å². The molecule has 206 valence electrons. The number of anilines is 1. The molecule has 0 aliphatic carbocycles. The van der Waals surface area contributed by atoms with Gasteiger partial charge in [0.25, 0.3) is 0 Å². The predicted octanol–water partition coefficient (Wildman–Crippen LogP) is 6.72. The quantitative estimate of drug-likeness (QED) is 0.244. The van der Waals surface area contributed by atoms with E-state index in [1.807, 2.05) is 73.7 Å². The molecule has 0 bridgehead atoms. The SMILES string of the molecule is CCC(=O)Nc1cccc(C2CCN(CCCCCCNC(=O)C(c3ccccc3)c3ccccc3)CC2)c1. The summed E-state index contributed by atoms with van der Waals surface area (Å²) in [5.41, 5.74) is 4.31. The van der Waals surface area contributed by atoms with Gasteiger partial charge in [-0.25, -0.2) is 0 Å². The van der Waals surface area contributed by atoms with Gasteiger partial charge in [0.1, 0.15) is 0 Å². The first-order chi connectivity index (χ1) is 19.1. The van der Waals surface area contributed by atoms with Crippen LogP contribution in [0.4, 0.5) is 5.69 Å². The highest BCUT2D eigenvalue weighted by molar-refractivity contribution is 5.90. The highest BCUT2D eigenvalue weighted by atomic mass is 16.2. The van der Waals surface area contributed by atoms with E-state index in [0.29, 0.717) is 12.3 Å². The van der Waals surface area contributed by atoms with Crippen LogP contribution in [0.5, 0.6) is 0 Å². The van der Waals surface area contributed by atoms with Crippen molar-refractivity contribution in [2.45, 2.75) is 63.7 Å². The van der Waals surface area contributed by atoms with E-state index in [9.17, 15) is 9.59 Å². The van der Waals surface area contributed by atoms with Gasteiger partial charge < -0.3 is 15.5 Å². The third-order valence-electron chi connectivity index (χ3n) is 7.78. The minimum absolute atomic E-state index is 0.0629. The second-order valence-corrected chi connectivity index (χ2v) is 10.6. The highest BCUT2D eigenvalue weighted by Crippen LogP contribution is 2.30. The normalized spacial score (nSPS) is 14.3. The van der Waals surface area contributed by atoms with Crippen LogP contribution in [0.25, 0.3) is 0 Å². The molecule has 2 amide bonds. The van der Waals surface area contributed by atoms with Gasteiger partial charge in [-0.2, -0.15) is 0 Å². The molecule has 5 heteroatoms. The topological polar surface area (TPSA) is 61.4 Å². The van der Waals surface area contributed by atoms with Gasteiger partial charge in [-0.05, 0) is 80.1 Å². The summed E-state index contributed by atoms with van der Waals surface area (Å²) in [5.74, 6) is 0.438. The maximum atomic E-state index is 13.1. The standard InChI is InChI=1S/C34H43N3O2/c1-2-32(38)36-31-19-13-18-30(26-31)27-20-24-37(25-21-27)23-12-4-3-11-22-35-34(39)33(28-14-7-5-8-15-28)29-16-9-6-10-17-29/h5-10,13-19,26-27,33H,2-4,11-12,20-25H2,1H3,(H,35,39)(H,36,38). The summed E-state index contributed by atoms with van der Waals surface area (Å²) in [7, 11) is 0. The van der Waals surface area contributed by atoms with Crippen molar-refractivity contribution in [1.82, 2.24) is 10.2 Å². The lowest BCUT2D eigenvalue weighted by molar-refractivity contribution is -0.121. The summed E-state index contributed by atoms with van der Waals surface area (Å²) in [5, 5.41) is 6.17. The summed E-state index contributed by atoms with van der Waals surface area (Å²) in [6, 6.07) is 28.5. The Balaban J connectivity index is 1.12. The summed E-state index contributed by atoms with van der Waals surface area (Å²) >= 11 is 0. The predicted molar refractivity (Wildman–Crippen MR) is 160 cm³/mol. The lowest BCUT2D eigenvalue weighted by Gasteiger charge is -2.32. The number of carbonyl (C=O) groups excluding carboxylic acids is 2. The molecule has 1 saturated heterocycles. The summed E-state index contributed by atoms with van der Waals surface area (Å²) in [4.78, 5) is 27.4. The number of nitrogens with zero attached hydrogens (tertiary/aromatic N) is 1. The van der Waals surface area contributed by atoms with Crippen molar-refractivity contribution in [3.63, 3.8) is 0 Å². The largest absolute Gasteiger partial charge is 0.355 e. The molecule has 3 aromatic rings. The zero-order valence-electron chi connectivity index (χ0n) is 23.3. The van der Waals surface area contributed by atoms with Gasteiger partial charge in [0.2, 0.25) is 11.8 Å². The van der Waals surface area contributed by atoms with E-state index in [1.54, 1.807) is 0 Å². The third kappa shape index (κ3) is 8.79. The number of likely N-dealkylation sites (tertiary alicyclic amines) is 1. The first-order valence-electron chi connectivity index (χ1n) is 14.6. The monoisotopic (exact) mass is 525 g/mol. The fraction of sp³-hybridized carbons (Fsp3) is 0.412. The second-order valence-electron chi connectivity index (χ2n) is 10.6. The lowest BCUT2D eigenvalue weighted by Crippen LogP contribution is -2.33. The van der Waals surface area contributed by atoms with Crippen LogP contribution < -0.4 is 10.6 Å². The van der Waals surface area contributed by atoms with Crippen LogP contribution in [0.15, 0.2) is 84.9 Å². The van der Waals surface area contributed by atoms with Crippen LogP contribution >= 0.6 is 0 Å². The van der Waals surface area contributed by atoms with Crippen LogP contribution in [-0.2, 0) is 9.59 Å². The zero-order chi connectivity index (χ0) is 27.3. The Morgan fingerprint density at radius 2 is 1.46 bits per heavy atom. The van der Waals surface area contributed by atoms with Crippen molar-refractivity contribution in [2.24, 2.45) is 0 Å². The Morgan fingerprint density at radius 1 is 0.821 bits per heavy atom. The molecule has 0 radical (unpaired) electrons. The summed E-state index contributed by atoms with van der Waals surface area (Å²) in [6.07, 6.45) is 7.37. The minimum Gasteiger partial charge on any atom is -0.355 e. The number of benzene rings is 3. The van der Waals surface area contributed by atoms with Crippen LogP contribution in [-0.4, -0.2) is 42.9 Å². The summed E-state index contributed by atoms with van der Waals surface area (Å²) < 4.78 is 0. The molecular formula is C34H43N3O2. The minimum atomic E-state index is -0.270. The van der Waals surface area contributed by atoms with Gasteiger partial charge in [0, 0.05) is 18.7 Å². The van der Waals surface area contributed by atoms with E-state index >= 15 is 0 Å². The van der Waals surface area contributed by atoms with Gasteiger partial charge in [0.05, 0.1) is 5.92 Å². The molecular weight excluding hydrogens is 482 g/mol. The lowest BCUT2D eigenvalue weighted by atomic mass is 9.89. The van der Waals surface area contributed by atoms with E-state index in [4.69, 9.17) is 0 Å². The Kier molecular flexibility index (Phi) is 11.2. The smallest absolute Gasteiger partial charge is 0.232 e. The zero-order valence-corrected chi connectivity index (χ0v) is 23.3. The number of amides is 2. The molecule has 0 unspecified atom stereocenters. The first-order valence-corrected chi connectivity index (χ1v) is 14.6. The van der Waals surface area contributed by atoms with E-state index in [-0.39, 0.29) is 17.7 Å². The average Bonchev–Trinajstić information content (AvgIpc) is 2.98. The van der Waals surface area contributed by atoms with Gasteiger partial charge in [0.15, 0.2) is 0 Å². The van der Waals surface area contributed by atoms with E-state index in [0.717, 1.165) is 55.8 Å². The number of unbranched alkanes of at least 4 members (excludes halogenated alkanes) is 3. The van der Waals surface area contributed by atoms with Crippen LogP contribution in [0.2, 0.25) is 0 Å². The Labute approximate surface area is 234 Å². The molecule has 5 nitrogen and oxygen atoms in total. The van der Waals surface area contributed by atoms with Crippen molar-refractivity contribution in [1.29, 1.82) is 0 Å². The Morgan fingerprint density at radius 3 is 2.10 bits per heavy atom. The van der Waals surface area contributed by atoms with E-state index < -0.39 is 0 Å². The number of hydrogen-bond acceptors (Lipinski definition) is 3. The molecule has 0 aromatic heterocycles. The molecule has 0 atom stereocenters. The van der Waals surface area contributed by atoms with E-state index in [2.05, 4.69) is 33.7 Å². The van der Waals surface area contributed by atoms with E-state index in [1.165, 1.54) is 31.2 Å². The van der Waals surface area contributed by atoms with Gasteiger partial charge in [-0.3, -0.25) is 9.59 Å². The molecule has 1 aliphatic rings. The number of hydrogen-bond donors (Lipinski definition) is 2. The van der Waals surface area contributed by atoms with Crippen molar-refractivity contribution in [3.05, 3.63) is 102 Å². The maximum absolute atomic E-state index is 13.1.